The lowest BCUT2D eigenvalue weighted by Gasteiger charge is -2.01. The minimum atomic E-state index is -0.0425. The number of H-pyrrole nitrogens is 1. The Bertz CT molecular complexity index is 735. The fraction of sp³-hybridized carbons (Fsp3) is 0. The molecular formula is C14H9N3O. The number of hydrogen-bond acceptors (Lipinski definition) is 3. The molecule has 3 rings (SSSR count). The number of aromatic nitrogens is 2. The molecule has 1 aromatic heterocycles. The second-order valence-electron chi connectivity index (χ2n) is 3.92. The molecule has 0 atom stereocenters. The summed E-state index contributed by atoms with van der Waals surface area (Å²) in [6, 6.07) is 14.6. The number of imidazole rings is 1. The van der Waals surface area contributed by atoms with Gasteiger partial charge in [0.25, 0.3) is 0 Å². The van der Waals surface area contributed by atoms with Crippen LogP contribution < -0.4 is 0 Å². The van der Waals surface area contributed by atoms with Crippen LogP contribution in [0.3, 0.4) is 0 Å². The Morgan fingerprint density at radius 1 is 1.11 bits per heavy atom. The van der Waals surface area contributed by atoms with Crippen LogP contribution in [0.1, 0.15) is 5.56 Å². The van der Waals surface area contributed by atoms with Gasteiger partial charge < -0.3 is 10.1 Å². The Morgan fingerprint density at radius 2 is 1.94 bits per heavy atom. The van der Waals surface area contributed by atoms with Crippen molar-refractivity contribution in [1.82, 2.24) is 9.97 Å². The van der Waals surface area contributed by atoms with E-state index in [0.29, 0.717) is 11.4 Å². The standard InChI is InChI=1S/C14H9N3O/c15-8-9-4-3-5-10(13(9)18)14-16-11-6-1-2-7-12(11)17-14/h1-7,18H,(H,16,17). The van der Waals surface area contributed by atoms with E-state index in [4.69, 9.17) is 5.26 Å². The minimum Gasteiger partial charge on any atom is -0.506 e. The van der Waals surface area contributed by atoms with Gasteiger partial charge in [-0.3, -0.25) is 0 Å². The van der Waals surface area contributed by atoms with Gasteiger partial charge in [0.2, 0.25) is 0 Å². The number of nitrogens with zero attached hydrogens (tertiary/aromatic N) is 2. The maximum absolute atomic E-state index is 9.98. The van der Waals surface area contributed by atoms with Gasteiger partial charge in [-0.15, -0.1) is 0 Å². The highest BCUT2D eigenvalue weighted by Gasteiger charge is 2.12. The summed E-state index contributed by atoms with van der Waals surface area (Å²) in [6.45, 7) is 0. The quantitative estimate of drug-likeness (QED) is 0.681. The van der Waals surface area contributed by atoms with Crippen LogP contribution in [0.2, 0.25) is 0 Å². The maximum atomic E-state index is 9.98. The number of nitrogens with one attached hydrogen (secondary N) is 1. The van der Waals surface area contributed by atoms with Crippen LogP contribution in [-0.2, 0) is 0 Å². The number of phenols is 1. The van der Waals surface area contributed by atoms with E-state index in [0.717, 1.165) is 11.0 Å². The Morgan fingerprint density at radius 3 is 2.72 bits per heavy atom. The van der Waals surface area contributed by atoms with E-state index in [-0.39, 0.29) is 11.3 Å². The van der Waals surface area contributed by atoms with Crippen molar-refractivity contribution in [2.75, 3.05) is 0 Å². The molecule has 18 heavy (non-hydrogen) atoms. The first-order valence-electron chi connectivity index (χ1n) is 5.47. The maximum Gasteiger partial charge on any atom is 0.144 e. The number of aromatic hydroxyl groups is 1. The largest absolute Gasteiger partial charge is 0.506 e. The molecular weight excluding hydrogens is 226 g/mol. The molecule has 2 N–H and O–H groups in total. The Labute approximate surface area is 103 Å². The third kappa shape index (κ3) is 1.50. The van der Waals surface area contributed by atoms with E-state index >= 15 is 0 Å². The van der Waals surface area contributed by atoms with Gasteiger partial charge in [-0.1, -0.05) is 18.2 Å². The molecule has 86 valence electrons. The Kier molecular flexibility index (Phi) is 2.24. The number of aromatic amines is 1. The highest BCUT2D eigenvalue weighted by molar-refractivity contribution is 5.81. The van der Waals surface area contributed by atoms with E-state index < -0.39 is 0 Å². The van der Waals surface area contributed by atoms with Crippen LogP contribution in [-0.4, -0.2) is 15.1 Å². The predicted molar refractivity (Wildman–Crippen MR) is 67.9 cm³/mol. The third-order valence-electron chi connectivity index (χ3n) is 2.80. The molecule has 0 fully saturated rings. The highest BCUT2D eigenvalue weighted by Crippen LogP contribution is 2.30. The van der Waals surface area contributed by atoms with Gasteiger partial charge >= 0.3 is 0 Å². The summed E-state index contributed by atoms with van der Waals surface area (Å²) in [5.41, 5.74) is 2.50. The first-order chi connectivity index (χ1) is 8.79. The summed E-state index contributed by atoms with van der Waals surface area (Å²) >= 11 is 0. The molecule has 0 aliphatic carbocycles. The Balaban J connectivity index is 2.24. The molecule has 0 amide bonds. The molecule has 0 radical (unpaired) electrons. The van der Waals surface area contributed by atoms with Crippen molar-refractivity contribution in [3.63, 3.8) is 0 Å². The summed E-state index contributed by atoms with van der Waals surface area (Å²) in [6.07, 6.45) is 0. The zero-order valence-corrected chi connectivity index (χ0v) is 9.38. The number of phenolic OH excluding ortho intramolecular Hbond substituents is 1. The van der Waals surface area contributed by atoms with Crippen LogP contribution >= 0.6 is 0 Å². The second-order valence-corrected chi connectivity index (χ2v) is 3.92. The number of para-hydroxylation sites is 3. The highest BCUT2D eigenvalue weighted by atomic mass is 16.3. The lowest BCUT2D eigenvalue weighted by molar-refractivity contribution is 0.475. The first kappa shape index (κ1) is 10.4. The molecule has 0 unspecified atom stereocenters. The van der Waals surface area contributed by atoms with Gasteiger partial charge in [-0.05, 0) is 24.3 Å². The van der Waals surface area contributed by atoms with Crippen LogP contribution in [0.5, 0.6) is 5.75 Å². The van der Waals surface area contributed by atoms with Crippen molar-refractivity contribution in [3.8, 4) is 23.2 Å². The van der Waals surface area contributed by atoms with Crippen LogP contribution in [0.15, 0.2) is 42.5 Å². The fourth-order valence-electron chi connectivity index (χ4n) is 1.91. The number of benzene rings is 2. The van der Waals surface area contributed by atoms with Crippen molar-refractivity contribution in [3.05, 3.63) is 48.0 Å². The number of hydrogen-bond donors (Lipinski definition) is 2. The molecule has 0 bridgehead atoms. The van der Waals surface area contributed by atoms with Crippen molar-refractivity contribution in [2.45, 2.75) is 0 Å². The van der Waals surface area contributed by atoms with Crippen LogP contribution in [0.25, 0.3) is 22.4 Å². The van der Waals surface area contributed by atoms with Crippen molar-refractivity contribution < 1.29 is 5.11 Å². The smallest absolute Gasteiger partial charge is 0.144 e. The van der Waals surface area contributed by atoms with E-state index in [1.807, 2.05) is 30.3 Å². The van der Waals surface area contributed by atoms with Gasteiger partial charge in [0.1, 0.15) is 17.6 Å². The number of nitriles is 1. The monoisotopic (exact) mass is 235 g/mol. The topological polar surface area (TPSA) is 72.7 Å². The Hall–Kier alpha value is -2.80. The molecule has 0 saturated heterocycles. The SMILES string of the molecule is N#Cc1cccc(-c2nc3ccccc3[nH]2)c1O. The summed E-state index contributed by atoms with van der Waals surface area (Å²) in [4.78, 5) is 7.52. The second kappa shape index (κ2) is 3.90. The summed E-state index contributed by atoms with van der Waals surface area (Å²) in [5, 5.41) is 18.9. The summed E-state index contributed by atoms with van der Waals surface area (Å²) in [5.74, 6) is 0.518. The molecule has 0 spiro atoms. The fourth-order valence-corrected chi connectivity index (χ4v) is 1.91. The third-order valence-corrected chi connectivity index (χ3v) is 2.80. The van der Waals surface area contributed by atoms with Crippen molar-refractivity contribution in [1.29, 1.82) is 5.26 Å². The number of rotatable bonds is 1. The van der Waals surface area contributed by atoms with E-state index in [1.54, 1.807) is 18.2 Å². The molecule has 4 heteroatoms. The average Bonchev–Trinajstić information content (AvgIpc) is 2.82. The molecule has 1 heterocycles. The molecule has 0 saturated carbocycles. The first-order valence-corrected chi connectivity index (χ1v) is 5.47. The lowest BCUT2D eigenvalue weighted by atomic mass is 10.1. The summed E-state index contributed by atoms with van der Waals surface area (Å²) in [7, 11) is 0. The zero-order valence-electron chi connectivity index (χ0n) is 9.38. The molecule has 0 aliphatic heterocycles. The van der Waals surface area contributed by atoms with Gasteiger partial charge in [0.05, 0.1) is 22.2 Å². The van der Waals surface area contributed by atoms with Crippen LogP contribution in [0, 0.1) is 11.3 Å². The summed E-state index contributed by atoms with van der Waals surface area (Å²) < 4.78 is 0. The van der Waals surface area contributed by atoms with Gasteiger partial charge in [0.15, 0.2) is 0 Å². The van der Waals surface area contributed by atoms with Crippen molar-refractivity contribution >= 4 is 11.0 Å². The van der Waals surface area contributed by atoms with E-state index in [9.17, 15) is 5.11 Å². The predicted octanol–water partition coefficient (Wildman–Crippen LogP) is 2.81. The molecule has 2 aromatic carbocycles. The lowest BCUT2D eigenvalue weighted by Crippen LogP contribution is -1.84. The van der Waals surface area contributed by atoms with Gasteiger partial charge in [0, 0.05) is 0 Å². The molecule has 3 aromatic rings. The van der Waals surface area contributed by atoms with Gasteiger partial charge in [-0.25, -0.2) is 4.98 Å². The van der Waals surface area contributed by atoms with Crippen LogP contribution in [0.4, 0.5) is 0 Å². The normalized spacial score (nSPS) is 10.4. The zero-order chi connectivity index (χ0) is 12.5. The van der Waals surface area contributed by atoms with Gasteiger partial charge in [-0.2, -0.15) is 5.26 Å². The number of fused-ring (bicyclic) bond motifs is 1. The van der Waals surface area contributed by atoms with E-state index in [2.05, 4.69) is 9.97 Å². The average molecular weight is 235 g/mol. The molecule has 0 aliphatic rings. The molecule has 4 nitrogen and oxygen atoms in total. The minimum absolute atomic E-state index is 0.0425. The van der Waals surface area contributed by atoms with E-state index in [1.165, 1.54) is 0 Å². The van der Waals surface area contributed by atoms with Crippen molar-refractivity contribution in [2.24, 2.45) is 0 Å².